The Labute approximate surface area is 272 Å². The molecule has 0 aliphatic carbocycles. The quantitative estimate of drug-likeness (QED) is 0.104. The maximum Gasteiger partial charge on any atom is 0.272 e. The van der Waals surface area contributed by atoms with Gasteiger partial charge in [0, 0.05) is 32.7 Å². The van der Waals surface area contributed by atoms with Gasteiger partial charge in [0.25, 0.3) is 11.8 Å². The van der Waals surface area contributed by atoms with E-state index in [1.165, 1.54) is 47.4 Å². The van der Waals surface area contributed by atoms with E-state index in [1.54, 1.807) is 54.6 Å². The average Bonchev–Trinajstić information content (AvgIpc) is 3.51. The molecule has 0 fully saturated rings. The summed E-state index contributed by atoms with van der Waals surface area (Å²) in [6.45, 7) is 2.02. The van der Waals surface area contributed by atoms with Gasteiger partial charge in [-0.2, -0.15) is 0 Å². The zero-order chi connectivity index (χ0) is 31.8. The molecule has 1 aromatic heterocycles. The fourth-order valence-electron chi connectivity index (χ4n) is 4.06. The second-order valence-corrected chi connectivity index (χ2v) is 12.0. The molecule has 4 aromatic carbocycles. The normalized spacial score (nSPS) is 11.1. The Morgan fingerprint density at radius 2 is 1.64 bits per heavy atom. The van der Waals surface area contributed by atoms with Crippen LogP contribution in [-0.2, 0) is 9.59 Å². The summed E-state index contributed by atoms with van der Waals surface area (Å²) in [6.07, 6.45) is 1.20. The van der Waals surface area contributed by atoms with Gasteiger partial charge in [-0.25, -0.2) is 9.37 Å². The molecule has 0 saturated carbocycles. The van der Waals surface area contributed by atoms with Crippen LogP contribution in [0.1, 0.15) is 21.5 Å². The van der Waals surface area contributed by atoms with Gasteiger partial charge in [-0.1, -0.05) is 65.7 Å². The Morgan fingerprint density at radius 1 is 0.911 bits per heavy atom. The van der Waals surface area contributed by atoms with Crippen LogP contribution in [0.25, 0.3) is 17.3 Å². The number of carbonyl (C=O) groups is 3. The topological polar surface area (TPSA) is 100 Å². The van der Waals surface area contributed by atoms with Crippen molar-refractivity contribution in [1.82, 2.24) is 10.3 Å². The van der Waals surface area contributed by atoms with E-state index in [4.69, 9.17) is 11.6 Å². The lowest BCUT2D eigenvalue weighted by molar-refractivity contribution is -0.114. The fraction of sp³-hybridized carbons (Fsp3) is 0.0588. The number of hydrogen-bond acceptors (Lipinski definition) is 6. The number of aryl methyl sites for hydroxylation is 1. The molecule has 1 heterocycles. The Hall–Kier alpha value is -4.77. The third-order valence-corrected chi connectivity index (χ3v) is 8.50. The lowest BCUT2D eigenvalue weighted by Crippen LogP contribution is -2.30. The first-order valence-electron chi connectivity index (χ1n) is 13.6. The highest BCUT2D eigenvalue weighted by molar-refractivity contribution is 8.00. The van der Waals surface area contributed by atoms with E-state index < -0.39 is 17.6 Å². The molecule has 0 aliphatic rings. The SMILES string of the molecule is Cc1ccc(-c2csc(NC(=O)CSc3ccc(NC(=O)/C(=C/c4c(F)cccc4Cl)NC(=O)c4ccccc4)cc3)n2)cc1. The van der Waals surface area contributed by atoms with E-state index >= 15 is 0 Å². The number of halogens is 2. The molecule has 0 unspecified atom stereocenters. The lowest BCUT2D eigenvalue weighted by atomic mass is 10.1. The van der Waals surface area contributed by atoms with E-state index in [2.05, 4.69) is 20.9 Å². The van der Waals surface area contributed by atoms with Crippen LogP contribution in [0.4, 0.5) is 15.2 Å². The molecule has 0 atom stereocenters. The number of aromatic nitrogens is 1. The minimum Gasteiger partial charge on any atom is -0.321 e. The summed E-state index contributed by atoms with van der Waals surface area (Å²) in [5.74, 6) is -1.90. The van der Waals surface area contributed by atoms with E-state index in [9.17, 15) is 18.8 Å². The summed E-state index contributed by atoms with van der Waals surface area (Å²) in [4.78, 5) is 44.0. The van der Waals surface area contributed by atoms with Crippen LogP contribution >= 0.6 is 34.7 Å². The highest BCUT2D eigenvalue weighted by Gasteiger charge is 2.17. The van der Waals surface area contributed by atoms with Gasteiger partial charge in [0.15, 0.2) is 5.13 Å². The molecule has 0 spiro atoms. The number of carbonyl (C=O) groups excluding carboxylic acids is 3. The van der Waals surface area contributed by atoms with Crippen LogP contribution in [0.15, 0.2) is 113 Å². The van der Waals surface area contributed by atoms with Gasteiger partial charge in [0.2, 0.25) is 5.91 Å². The van der Waals surface area contributed by atoms with Gasteiger partial charge < -0.3 is 16.0 Å². The van der Waals surface area contributed by atoms with E-state index in [-0.39, 0.29) is 27.9 Å². The molecule has 0 radical (unpaired) electrons. The minimum atomic E-state index is -0.674. The molecule has 0 aliphatic heterocycles. The van der Waals surface area contributed by atoms with Crippen molar-refractivity contribution in [2.24, 2.45) is 0 Å². The maximum absolute atomic E-state index is 14.5. The fourth-order valence-corrected chi connectivity index (χ4v) is 5.71. The largest absolute Gasteiger partial charge is 0.321 e. The monoisotopic (exact) mass is 656 g/mol. The number of benzene rings is 4. The van der Waals surface area contributed by atoms with Crippen LogP contribution in [0.3, 0.4) is 0 Å². The van der Waals surface area contributed by atoms with Crippen molar-refractivity contribution >= 4 is 69.3 Å². The first kappa shape index (κ1) is 31.6. The van der Waals surface area contributed by atoms with E-state index in [1.807, 2.05) is 36.6 Å². The number of thioether (sulfide) groups is 1. The van der Waals surface area contributed by atoms with Crippen LogP contribution in [-0.4, -0.2) is 28.5 Å². The minimum absolute atomic E-state index is 0.0353. The summed E-state index contributed by atoms with van der Waals surface area (Å²) in [5.41, 5.74) is 3.47. The first-order chi connectivity index (χ1) is 21.7. The van der Waals surface area contributed by atoms with Crippen LogP contribution in [0.5, 0.6) is 0 Å². The number of hydrogen-bond donors (Lipinski definition) is 3. The Kier molecular flexibility index (Phi) is 10.4. The third-order valence-electron chi connectivity index (χ3n) is 6.40. The number of rotatable bonds is 10. The van der Waals surface area contributed by atoms with Crippen LogP contribution in [0.2, 0.25) is 5.02 Å². The Bertz CT molecular complexity index is 1840. The van der Waals surface area contributed by atoms with Crippen molar-refractivity contribution in [2.45, 2.75) is 11.8 Å². The molecule has 0 bridgehead atoms. The highest BCUT2D eigenvalue weighted by Crippen LogP contribution is 2.27. The van der Waals surface area contributed by atoms with Crippen molar-refractivity contribution in [3.63, 3.8) is 0 Å². The molecular weight excluding hydrogens is 631 g/mol. The molecule has 5 aromatic rings. The van der Waals surface area contributed by atoms with Crippen molar-refractivity contribution in [3.8, 4) is 11.3 Å². The molecule has 45 heavy (non-hydrogen) atoms. The predicted molar refractivity (Wildman–Crippen MR) is 180 cm³/mol. The maximum atomic E-state index is 14.5. The third kappa shape index (κ3) is 8.66. The average molecular weight is 657 g/mol. The number of thiazole rings is 1. The molecule has 3 amide bonds. The van der Waals surface area contributed by atoms with Crippen LogP contribution in [0, 0.1) is 12.7 Å². The first-order valence-corrected chi connectivity index (χ1v) is 15.9. The van der Waals surface area contributed by atoms with Gasteiger partial charge >= 0.3 is 0 Å². The van der Waals surface area contributed by atoms with E-state index in [0.717, 1.165) is 21.7 Å². The van der Waals surface area contributed by atoms with Crippen molar-refractivity contribution < 1.29 is 18.8 Å². The molecule has 5 rings (SSSR count). The van der Waals surface area contributed by atoms with Crippen molar-refractivity contribution in [2.75, 3.05) is 16.4 Å². The summed E-state index contributed by atoms with van der Waals surface area (Å²) >= 11 is 8.86. The van der Waals surface area contributed by atoms with Gasteiger partial charge in [-0.15, -0.1) is 23.1 Å². The molecule has 0 saturated heterocycles. The summed E-state index contributed by atoms with van der Waals surface area (Å²) in [7, 11) is 0. The molecule has 226 valence electrons. The summed E-state index contributed by atoms with van der Waals surface area (Å²) in [5, 5.41) is 10.6. The second-order valence-electron chi connectivity index (χ2n) is 9.73. The summed E-state index contributed by atoms with van der Waals surface area (Å²) in [6, 6.07) is 27.3. The summed E-state index contributed by atoms with van der Waals surface area (Å²) < 4.78 is 14.5. The van der Waals surface area contributed by atoms with Gasteiger partial charge in [-0.3, -0.25) is 14.4 Å². The number of nitrogens with one attached hydrogen (secondary N) is 3. The molecular formula is C34H26ClFN4O3S2. The molecule has 7 nitrogen and oxygen atoms in total. The predicted octanol–water partition coefficient (Wildman–Crippen LogP) is 8.05. The Balaban J connectivity index is 1.20. The van der Waals surface area contributed by atoms with Crippen molar-refractivity contribution in [1.29, 1.82) is 0 Å². The molecule has 3 N–H and O–H groups in total. The Morgan fingerprint density at radius 3 is 2.36 bits per heavy atom. The number of nitrogens with zero attached hydrogens (tertiary/aromatic N) is 1. The number of anilines is 2. The standard InChI is InChI=1S/C34H26ClFN4O3S2/c1-21-10-12-22(13-11-21)30-19-45-34(39-30)40-31(41)20-44-25-16-14-24(15-17-25)37-33(43)29(18-26-27(35)8-5-9-28(26)36)38-32(42)23-6-3-2-4-7-23/h2-19H,20H2,1H3,(H,37,43)(H,38,42)(H,39,40,41)/b29-18-. The lowest BCUT2D eigenvalue weighted by Gasteiger charge is -2.12. The number of amides is 3. The zero-order valence-electron chi connectivity index (χ0n) is 23.8. The van der Waals surface area contributed by atoms with Gasteiger partial charge in [0.1, 0.15) is 11.5 Å². The van der Waals surface area contributed by atoms with E-state index in [0.29, 0.717) is 16.4 Å². The van der Waals surface area contributed by atoms with Gasteiger partial charge in [-0.05, 0) is 61.5 Å². The smallest absolute Gasteiger partial charge is 0.272 e. The second kappa shape index (κ2) is 14.8. The molecule has 11 heteroatoms. The highest BCUT2D eigenvalue weighted by atomic mass is 35.5. The van der Waals surface area contributed by atoms with Gasteiger partial charge in [0.05, 0.1) is 16.5 Å². The van der Waals surface area contributed by atoms with Crippen LogP contribution < -0.4 is 16.0 Å². The zero-order valence-corrected chi connectivity index (χ0v) is 26.2. The van der Waals surface area contributed by atoms with Crippen molar-refractivity contribution in [3.05, 3.63) is 136 Å².